The first-order chi connectivity index (χ1) is 19.1. The van der Waals surface area contributed by atoms with Crippen molar-refractivity contribution < 1.29 is 29.4 Å². The summed E-state index contributed by atoms with van der Waals surface area (Å²) in [6.45, 7) is 2.93. The average Bonchev–Trinajstić information content (AvgIpc) is 3.37. The first-order valence-electron chi connectivity index (χ1n) is 13.2. The number of H-pyrrole nitrogens is 1. The molecule has 5 atom stereocenters. The second-order valence-electron chi connectivity index (χ2n) is 9.87. The predicted molar refractivity (Wildman–Crippen MR) is 150 cm³/mol. The molecular formula is C29H37N5O6. The maximum atomic E-state index is 13.6. The number of nitrogens with one attached hydrogen (secondary N) is 4. The number of aromatic nitrogens is 1. The van der Waals surface area contributed by atoms with Gasteiger partial charge in [0, 0.05) is 29.9 Å². The minimum atomic E-state index is -1.55. The third kappa shape index (κ3) is 7.90. The Labute approximate surface area is 232 Å². The van der Waals surface area contributed by atoms with E-state index in [1.807, 2.05) is 68.4 Å². The summed E-state index contributed by atoms with van der Waals surface area (Å²) in [4.78, 5) is 54.4. The standard InChI is InChI=1S/C29H37N5O6/c1-3-17(2)25(30)28(38)33-22(13-18-9-5-4-6-10-18)26(36)32-23(27(37)34-24(16-35)29(39)40)14-19-15-31-21-12-8-7-11-20(19)21/h4-12,15,17,22-25,31,35H,3,13-14,16,30H2,1-2H3,(H,32,36)(H,33,38)(H,34,37)(H,39,40). The largest absolute Gasteiger partial charge is 0.480 e. The molecule has 0 fully saturated rings. The van der Waals surface area contributed by atoms with E-state index in [2.05, 4.69) is 20.9 Å². The number of rotatable bonds is 14. The molecule has 11 heteroatoms. The molecule has 8 N–H and O–H groups in total. The van der Waals surface area contributed by atoms with Gasteiger partial charge in [0.25, 0.3) is 0 Å². The highest BCUT2D eigenvalue weighted by molar-refractivity contribution is 5.95. The van der Waals surface area contributed by atoms with Gasteiger partial charge in [-0.25, -0.2) is 4.79 Å². The highest BCUT2D eigenvalue weighted by Crippen LogP contribution is 2.19. The second-order valence-corrected chi connectivity index (χ2v) is 9.87. The summed E-state index contributed by atoms with van der Waals surface area (Å²) >= 11 is 0. The number of aliphatic carboxylic acids is 1. The Hall–Kier alpha value is -4.22. The zero-order valence-corrected chi connectivity index (χ0v) is 22.6. The molecule has 0 aliphatic heterocycles. The van der Waals surface area contributed by atoms with E-state index in [1.54, 1.807) is 6.20 Å². The van der Waals surface area contributed by atoms with Crippen LogP contribution in [0.5, 0.6) is 0 Å². The lowest BCUT2D eigenvalue weighted by Crippen LogP contribution is -2.58. The summed E-state index contributed by atoms with van der Waals surface area (Å²) in [5, 5.41) is 27.3. The maximum absolute atomic E-state index is 13.6. The highest BCUT2D eigenvalue weighted by Gasteiger charge is 2.31. The fourth-order valence-electron chi connectivity index (χ4n) is 4.30. The van der Waals surface area contributed by atoms with E-state index in [4.69, 9.17) is 5.73 Å². The van der Waals surface area contributed by atoms with Crippen LogP contribution in [-0.2, 0) is 32.0 Å². The third-order valence-corrected chi connectivity index (χ3v) is 7.00. The van der Waals surface area contributed by atoms with E-state index in [-0.39, 0.29) is 18.8 Å². The van der Waals surface area contributed by atoms with Gasteiger partial charge < -0.3 is 36.9 Å². The van der Waals surface area contributed by atoms with Gasteiger partial charge in [0.15, 0.2) is 0 Å². The number of carbonyl (C=O) groups excluding carboxylic acids is 3. The van der Waals surface area contributed by atoms with Gasteiger partial charge in [0.1, 0.15) is 18.1 Å². The van der Waals surface area contributed by atoms with E-state index >= 15 is 0 Å². The number of aromatic amines is 1. The Balaban J connectivity index is 1.89. The van der Waals surface area contributed by atoms with E-state index in [9.17, 15) is 29.4 Å². The zero-order valence-electron chi connectivity index (χ0n) is 22.6. The van der Waals surface area contributed by atoms with Crippen molar-refractivity contribution in [1.82, 2.24) is 20.9 Å². The minimum absolute atomic E-state index is 0.0255. The van der Waals surface area contributed by atoms with E-state index < -0.39 is 54.5 Å². The van der Waals surface area contributed by atoms with Crippen molar-refractivity contribution >= 4 is 34.6 Å². The molecule has 3 amide bonds. The summed E-state index contributed by atoms with van der Waals surface area (Å²) in [7, 11) is 0. The lowest BCUT2D eigenvalue weighted by molar-refractivity contribution is -0.143. The van der Waals surface area contributed by atoms with Gasteiger partial charge in [0.05, 0.1) is 12.6 Å². The second kappa shape index (κ2) is 14.2. The van der Waals surface area contributed by atoms with Crippen LogP contribution < -0.4 is 21.7 Å². The van der Waals surface area contributed by atoms with E-state index in [0.29, 0.717) is 6.42 Å². The summed E-state index contributed by atoms with van der Waals surface area (Å²) in [5.41, 5.74) is 8.44. The van der Waals surface area contributed by atoms with Crippen LogP contribution in [0.25, 0.3) is 10.9 Å². The Bertz CT molecular complexity index is 1310. The van der Waals surface area contributed by atoms with Crippen molar-refractivity contribution in [3.63, 3.8) is 0 Å². The number of aliphatic hydroxyl groups is 1. The molecule has 0 spiro atoms. The Morgan fingerprint density at radius 2 is 1.43 bits per heavy atom. The quantitative estimate of drug-likeness (QED) is 0.155. The van der Waals surface area contributed by atoms with Crippen molar-refractivity contribution in [2.75, 3.05) is 6.61 Å². The molecule has 2 aromatic carbocycles. The van der Waals surface area contributed by atoms with Crippen LogP contribution in [0.1, 0.15) is 31.4 Å². The molecule has 40 heavy (non-hydrogen) atoms. The SMILES string of the molecule is CCC(C)C(N)C(=O)NC(Cc1ccccc1)C(=O)NC(Cc1c[nH]c2ccccc12)C(=O)NC(CO)C(=O)O. The molecule has 0 aliphatic rings. The lowest BCUT2D eigenvalue weighted by Gasteiger charge is -2.26. The van der Waals surface area contributed by atoms with E-state index in [0.717, 1.165) is 22.0 Å². The smallest absolute Gasteiger partial charge is 0.328 e. The monoisotopic (exact) mass is 551 g/mol. The first kappa shape index (κ1) is 30.3. The molecule has 3 rings (SSSR count). The molecule has 3 aromatic rings. The van der Waals surface area contributed by atoms with Crippen LogP contribution in [0.2, 0.25) is 0 Å². The minimum Gasteiger partial charge on any atom is -0.480 e. The van der Waals surface area contributed by atoms with Crippen LogP contribution in [0.4, 0.5) is 0 Å². The number of carbonyl (C=O) groups is 4. The summed E-state index contributed by atoms with van der Waals surface area (Å²) in [6.07, 6.45) is 2.55. The fourth-order valence-corrected chi connectivity index (χ4v) is 4.30. The normalized spacial score (nSPS) is 14.9. The molecule has 0 saturated carbocycles. The van der Waals surface area contributed by atoms with Gasteiger partial charge in [-0.15, -0.1) is 0 Å². The van der Waals surface area contributed by atoms with Crippen LogP contribution in [0, 0.1) is 5.92 Å². The molecule has 0 aliphatic carbocycles. The van der Waals surface area contributed by atoms with Crippen molar-refractivity contribution in [3.05, 3.63) is 71.9 Å². The van der Waals surface area contributed by atoms with Gasteiger partial charge in [0.2, 0.25) is 17.7 Å². The van der Waals surface area contributed by atoms with Crippen LogP contribution in [0.3, 0.4) is 0 Å². The van der Waals surface area contributed by atoms with Gasteiger partial charge >= 0.3 is 5.97 Å². The average molecular weight is 552 g/mol. The highest BCUT2D eigenvalue weighted by atomic mass is 16.4. The van der Waals surface area contributed by atoms with E-state index in [1.165, 1.54) is 0 Å². The van der Waals surface area contributed by atoms with Gasteiger partial charge in [-0.3, -0.25) is 14.4 Å². The lowest BCUT2D eigenvalue weighted by atomic mass is 9.98. The Morgan fingerprint density at radius 1 is 0.850 bits per heavy atom. The summed E-state index contributed by atoms with van der Waals surface area (Å²) in [5.74, 6) is -3.45. The molecule has 0 radical (unpaired) electrons. The van der Waals surface area contributed by atoms with Crippen LogP contribution >= 0.6 is 0 Å². The number of carboxylic acid groups (broad SMARTS) is 1. The van der Waals surface area contributed by atoms with Crippen molar-refractivity contribution in [2.45, 2.75) is 57.3 Å². The van der Waals surface area contributed by atoms with Crippen molar-refractivity contribution in [1.29, 1.82) is 0 Å². The zero-order chi connectivity index (χ0) is 29.2. The number of benzene rings is 2. The number of aliphatic hydroxyl groups excluding tert-OH is 1. The molecule has 0 bridgehead atoms. The molecule has 214 valence electrons. The van der Waals surface area contributed by atoms with Gasteiger partial charge in [-0.05, 0) is 23.1 Å². The number of amides is 3. The van der Waals surface area contributed by atoms with Crippen LogP contribution in [0.15, 0.2) is 60.8 Å². The first-order valence-corrected chi connectivity index (χ1v) is 13.2. The fraction of sp³-hybridized carbons (Fsp3) is 0.379. The van der Waals surface area contributed by atoms with Gasteiger partial charge in [-0.2, -0.15) is 0 Å². The Morgan fingerprint density at radius 3 is 2.05 bits per heavy atom. The number of hydrogen-bond donors (Lipinski definition) is 7. The van der Waals surface area contributed by atoms with Crippen molar-refractivity contribution in [3.8, 4) is 0 Å². The molecule has 11 nitrogen and oxygen atoms in total. The predicted octanol–water partition coefficient (Wildman–Crippen LogP) is 0.858. The molecule has 1 heterocycles. The van der Waals surface area contributed by atoms with Crippen LogP contribution in [-0.4, -0.2) is 69.7 Å². The number of para-hydroxylation sites is 1. The number of fused-ring (bicyclic) bond motifs is 1. The van der Waals surface area contributed by atoms with Crippen molar-refractivity contribution in [2.24, 2.45) is 11.7 Å². The molecule has 1 aromatic heterocycles. The Kier molecular flexibility index (Phi) is 10.8. The summed E-state index contributed by atoms with van der Waals surface area (Å²) < 4.78 is 0. The third-order valence-electron chi connectivity index (χ3n) is 7.00. The maximum Gasteiger partial charge on any atom is 0.328 e. The summed E-state index contributed by atoms with van der Waals surface area (Å²) in [6, 6.07) is 11.9. The molecule has 0 saturated heterocycles. The topological polar surface area (TPSA) is 187 Å². The molecule has 5 unspecified atom stereocenters. The number of nitrogens with two attached hydrogens (primary N) is 1. The number of carboxylic acids is 1. The number of hydrogen-bond acceptors (Lipinski definition) is 6. The van der Waals surface area contributed by atoms with Gasteiger partial charge in [-0.1, -0.05) is 68.8 Å². The molecular weight excluding hydrogens is 514 g/mol.